The number of carbonyl (C=O) groups is 2. The van der Waals surface area contributed by atoms with Crippen LogP contribution in [0.4, 0.5) is 5.95 Å². The molecule has 1 rings (SSSR count). The van der Waals surface area contributed by atoms with Crippen molar-refractivity contribution < 1.29 is 14.7 Å². The van der Waals surface area contributed by atoms with E-state index in [9.17, 15) is 9.59 Å². The molecule has 1 atom stereocenters. The van der Waals surface area contributed by atoms with E-state index in [0.717, 1.165) is 24.9 Å². The topological polar surface area (TPSA) is 130 Å². The van der Waals surface area contributed by atoms with E-state index in [-0.39, 0.29) is 13.0 Å². The predicted molar refractivity (Wildman–Crippen MR) is 77.5 cm³/mol. The lowest BCUT2D eigenvalue weighted by molar-refractivity contribution is -0.141. The Balaban J connectivity index is 2.47. The Morgan fingerprint density at radius 1 is 1.38 bits per heavy atom. The van der Waals surface area contributed by atoms with Crippen molar-refractivity contribution in [1.29, 1.82) is 0 Å². The molecular weight excluding hydrogens is 274 g/mol. The maximum atomic E-state index is 10.9. The first-order valence-corrected chi connectivity index (χ1v) is 6.82. The minimum Gasteiger partial charge on any atom is -0.480 e. The van der Waals surface area contributed by atoms with E-state index < -0.39 is 17.9 Å². The summed E-state index contributed by atoms with van der Waals surface area (Å²) in [5.41, 5.74) is 5.73. The molecule has 0 aliphatic rings. The van der Waals surface area contributed by atoms with Gasteiger partial charge in [0, 0.05) is 31.0 Å². The summed E-state index contributed by atoms with van der Waals surface area (Å²) in [4.78, 5) is 30.0. The van der Waals surface area contributed by atoms with E-state index >= 15 is 0 Å². The molecule has 0 aromatic carbocycles. The van der Waals surface area contributed by atoms with Gasteiger partial charge in [-0.1, -0.05) is 13.3 Å². The molecule has 0 bridgehead atoms. The number of nitrogens with zero attached hydrogens (tertiary/aromatic N) is 2. The number of carboxylic acids is 1. The van der Waals surface area contributed by atoms with Crippen molar-refractivity contribution >= 4 is 17.8 Å². The SMILES string of the molecule is CCCCNc1ncc(CN[C@H](CC(N)=O)C(=O)O)cn1. The second-order valence-electron chi connectivity index (χ2n) is 4.64. The average molecular weight is 295 g/mol. The van der Waals surface area contributed by atoms with Crippen molar-refractivity contribution in [3.8, 4) is 0 Å². The Kier molecular flexibility index (Phi) is 7.10. The third-order valence-corrected chi connectivity index (χ3v) is 2.77. The van der Waals surface area contributed by atoms with Crippen LogP contribution in [0.2, 0.25) is 0 Å². The number of aromatic nitrogens is 2. The van der Waals surface area contributed by atoms with E-state index in [0.29, 0.717) is 5.95 Å². The number of unbranched alkanes of at least 4 members (excludes halogenated alkanes) is 1. The second-order valence-corrected chi connectivity index (χ2v) is 4.64. The van der Waals surface area contributed by atoms with E-state index in [4.69, 9.17) is 10.8 Å². The zero-order chi connectivity index (χ0) is 15.7. The molecular formula is C13H21N5O3. The van der Waals surface area contributed by atoms with Crippen LogP contribution in [-0.4, -0.2) is 39.5 Å². The summed E-state index contributed by atoms with van der Waals surface area (Å²) in [5.74, 6) is -1.24. The summed E-state index contributed by atoms with van der Waals surface area (Å²) in [6.45, 7) is 3.16. The number of rotatable bonds is 10. The fourth-order valence-electron chi connectivity index (χ4n) is 1.60. The van der Waals surface area contributed by atoms with E-state index in [2.05, 4.69) is 27.5 Å². The van der Waals surface area contributed by atoms with Crippen LogP contribution in [0.3, 0.4) is 0 Å². The van der Waals surface area contributed by atoms with Crippen LogP contribution in [0.1, 0.15) is 31.7 Å². The van der Waals surface area contributed by atoms with Gasteiger partial charge >= 0.3 is 5.97 Å². The third-order valence-electron chi connectivity index (χ3n) is 2.77. The number of aliphatic carboxylic acids is 1. The molecule has 1 aromatic rings. The number of nitrogens with two attached hydrogens (primary N) is 1. The van der Waals surface area contributed by atoms with Gasteiger partial charge in [-0.2, -0.15) is 0 Å². The van der Waals surface area contributed by atoms with E-state index in [1.54, 1.807) is 12.4 Å². The Morgan fingerprint density at radius 3 is 2.57 bits per heavy atom. The summed E-state index contributed by atoms with van der Waals surface area (Å²) in [6.07, 6.45) is 5.09. The first-order valence-electron chi connectivity index (χ1n) is 6.82. The quantitative estimate of drug-likeness (QED) is 0.450. The minimum absolute atomic E-state index is 0.249. The Labute approximate surface area is 123 Å². The van der Waals surface area contributed by atoms with Gasteiger partial charge in [-0.3, -0.25) is 14.9 Å². The van der Waals surface area contributed by atoms with Crippen molar-refractivity contribution in [2.45, 2.75) is 38.8 Å². The second kappa shape index (κ2) is 8.85. The summed E-state index contributed by atoms with van der Waals surface area (Å²) in [5, 5.41) is 14.8. The Hall–Kier alpha value is -2.22. The van der Waals surface area contributed by atoms with Crippen LogP contribution in [0.15, 0.2) is 12.4 Å². The highest BCUT2D eigenvalue weighted by Crippen LogP contribution is 2.02. The average Bonchev–Trinajstić information content (AvgIpc) is 2.44. The van der Waals surface area contributed by atoms with Crippen molar-refractivity contribution in [3.05, 3.63) is 18.0 Å². The number of hydrogen-bond donors (Lipinski definition) is 4. The molecule has 116 valence electrons. The monoisotopic (exact) mass is 295 g/mol. The molecule has 8 heteroatoms. The molecule has 0 saturated heterocycles. The van der Waals surface area contributed by atoms with Gasteiger partial charge < -0.3 is 16.2 Å². The number of amides is 1. The molecule has 0 spiro atoms. The fraction of sp³-hybridized carbons (Fsp3) is 0.538. The predicted octanol–water partition coefficient (Wildman–Crippen LogP) is 0.107. The van der Waals surface area contributed by atoms with Crippen molar-refractivity contribution in [3.63, 3.8) is 0 Å². The zero-order valence-corrected chi connectivity index (χ0v) is 12.0. The molecule has 0 saturated carbocycles. The highest BCUT2D eigenvalue weighted by molar-refractivity contribution is 5.83. The fourth-order valence-corrected chi connectivity index (χ4v) is 1.60. The molecule has 0 aliphatic heterocycles. The maximum absolute atomic E-state index is 10.9. The lowest BCUT2D eigenvalue weighted by Crippen LogP contribution is -2.39. The highest BCUT2D eigenvalue weighted by atomic mass is 16.4. The molecule has 8 nitrogen and oxygen atoms in total. The van der Waals surface area contributed by atoms with Crippen LogP contribution in [0.25, 0.3) is 0 Å². The number of carbonyl (C=O) groups excluding carboxylic acids is 1. The largest absolute Gasteiger partial charge is 0.480 e. The maximum Gasteiger partial charge on any atom is 0.321 e. The zero-order valence-electron chi connectivity index (χ0n) is 12.0. The lowest BCUT2D eigenvalue weighted by atomic mass is 10.2. The standard InChI is InChI=1S/C13H21N5O3/c1-2-3-4-15-13-17-7-9(8-18-13)6-16-10(12(20)21)5-11(14)19/h7-8,10,16H,2-6H2,1H3,(H2,14,19)(H,20,21)(H,15,17,18)/t10-/m1/s1. The Bertz CT molecular complexity index is 463. The van der Waals surface area contributed by atoms with Gasteiger partial charge in [0.15, 0.2) is 0 Å². The van der Waals surface area contributed by atoms with E-state index in [1.165, 1.54) is 0 Å². The number of primary amides is 1. The van der Waals surface area contributed by atoms with Crippen LogP contribution in [0.5, 0.6) is 0 Å². The molecule has 5 N–H and O–H groups in total. The molecule has 0 radical (unpaired) electrons. The molecule has 1 amide bonds. The molecule has 1 aromatic heterocycles. The molecule has 0 unspecified atom stereocenters. The summed E-state index contributed by atoms with van der Waals surface area (Å²) in [6, 6.07) is -1.01. The molecule has 1 heterocycles. The smallest absolute Gasteiger partial charge is 0.321 e. The molecule has 21 heavy (non-hydrogen) atoms. The van der Waals surface area contributed by atoms with Gasteiger partial charge in [0.2, 0.25) is 11.9 Å². The summed E-state index contributed by atoms with van der Waals surface area (Å²) < 4.78 is 0. The van der Waals surface area contributed by atoms with Crippen molar-refractivity contribution in [2.24, 2.45) is 5.73 Å². The third kappa shape index (κ3) is 6.66. The number of hydrogen-bond acceptors (Lipinski definition) is 6. The van der Waals surface area contributed by atoms with Gasteiger partial charge in [0.1, 0.15) is 6.04 Å². The van der Waals surface area contributed by atoms with Crippen LogP contribution < -0.4 is 16.4 Å². The highest BCUT2D eigenvalue weighted by Gasteiger charge is 2.19. The van der Waals surface area contributed by atoms with E-state index in [1.807, 2.05) is 0 Å². The normalized spacial score (nSPS) is 11.9. The van der Waals surface area contributed by atoms with Gasteiger partial charge in [0.25, 0.3) is 0 Å². The van der Waals surface area contributed by atoms with Crippen LogP contribution in [0, 0.1) is 0 Å². The van der Waals surface area contributed by atoms with Crippen LogP contribution in [-0.2, 0) is 16.1 Å². The van der Waals surface area contributed by atoms with Crippen molar-refractivity contribution in [2.75, 3.05) is 11.9 Å². The number of anilines is 1. The minimum atomic E-state index is -1.12. The summed E-state index contributed by atoms with van der Waals surface area (Å²) >= 11 is 0. The van der Waals surface area contributed by atoms with Gasteiger partial charge in [-0.25, -0.2) is 9.97 Å². The number of carboxylic acid groups (broad SMARTS) is 1. The van der Waals surface area contributed by atoms with Gasteiger partial charge in [-0.15, -0.1) is 0 Å². The summed E-state index contributed by atoms with van der Waals surface area (Å²) in [7, 11) is 0. The van der Waals surface area contributed by atoms with Crippen LogP contribution >= 0.6 is 0 Å². The van der Waals surface area contributed by atoms with Gasteiger partial charge in [-0.05, 0) is 6.42 Å². The Morgan fingerprint density at radius 2 is 2.05 bits per heavy atom. The first kappa shape index (κ1) is 16.8. The number of nitrogens with one attached hydrogen (secondary N) is 2. The van der Waals surface area contributed by atoms with Gasteiger partial charge in [0.05, 0.1) is 6.42 Å². The lowest BCUT2D eigenvalue weighted by Gasteiger charge is -2.12. The first-order chi connectivity index (χ1) is 10.0. The molecule has 0 fully saturated rings. The van der Waals surface area contributed by atoms with Crippen molar-refractivity contribution in [1.82, 2.24) is 15.3 Å². The molecule has 0 aliphatic carbocycles.